The molecule has 11 nitrogen and oxygen atoms in total. The number of morpholine rings is 1. The number of aliphatic hydroxyl groups excluding tert-OH is 3. The lowest BCUT2D eigenvalue weighted by Gasteiger charge is -2.40. The van der Waals surface area contributed by atoms with E-state index in [4.69, 9.17) is 9.47 Å². The maximum absolute atomic E-state index is 12.9. The van der Waals surface area contributed by atoms with E-state index in [0.717, 1.165) is 67.1 Å². The van der Waals surface area contributed by atoms with E-state index in [0.29, 0.717) is 12.1 Å². The first-order valence-corrected chi connectivity index (χ1v) is 14.6. The molecule has 2 aromatic carbocycles. The Hall–Kier alpha value is -3.76. The molecule has 2 aliphatic heterocycles. The van der Waals surface area contributed by atoms with Crippen LogP contribution in [0, 0.1) is 11.3 Å². The summed E-state index contributed by atoms with van der Waals surface area (Å²) in [7, 11) is 1.85. The summed E-state index contributed by atoms with van der Waals surface area (Å²) in [5, 5.41) is 48.8. The van der Waals surface area contributed by atoms with Crippen molar-refractivity contribution in [1.82, 2.24) is 14.8 Å². The first-order chi connectivity index (χ1) is 20.8. The van der Waals surface area contributed by atoms with Gasteiger partial charge in [-0.05, 0) is 59.2 Å². The van der Waals surface area contributed by atoms with E-state index >= 15 is 0 Å². The fraction of sp³-hybridized carbons (Fsp3) is 0.438. The molecule has 3 heterocycles. The summed E-state index contributed by atoms with van der Waals surface area (Å²) in [6.07, 6.45) is -3.19. The molecule has 0 saturated carbocycles. The van der Waals surface area contributed by atoms with Gasteiger partial charge in [0, 0.05) is 50.3 Å². The third kappa shape index (κ3) is 6.91. The topological polar surface area (TPSA) is 152 Å². The lowest BCUT2D eigenvalue weighted by Crippen LogP contribution is -2.63. The third-order valence-corrected chi connectivity index (χ3v) is 8.24. The van der Waals surface area contributed by atoms with Crippen LogP contribution in [0.3, 0.4) is 0 Å². The molecule has 3 aromatic rings. The molecule has 228 valence electrons. The number of benzene rings is 2. The summed E-state index contributed by atoms with van der Waals surface area (Å²) in [5.74, 6) is -0.792. The number of anilines is 1. The molecule has 1 aromatic heterocycles. The summed E-state index contributed by atoms with van der Waals surface area (Å²) in [4.78, 5) is 15.3. The van der Waals surface area contributed by atoms with Crippen LogP contribution in [0.4, 0.5) is 5.69 Å². The molecule has 1 unspecified atom stereocenters. The molecule has 43 heavy (non-hydrogen) atoms. The number of hydrogen-bond donors (Lipinski definition) is 5. The third-order valence-electron chi connectivity index (χ3n) is 8.24. The summed E-state index contributed by atoms with van der Waals surface area (Å²) >= 11 is 0. The molecule has 5 rings (SSSR count). The SMILES string of the molecule is CC[C@H]1OC(O)[C@H](NC(=O)/C(C#N)=C/c2ccc(-c3ccc4cc(NCCN5CCOCC5)ccc4c3)n2C)[C@@H](O)[C@@H]1O. The van der Waals surface area contributed by atoms with Crippen LogP contribution in [0.15, 0.2) is 54.1 Å². The van der Waals surface area contributed by atoms with Gasteiger partial charge in [0.1, 0.15) is 29.9 Å². The Morgan fingerprint density at radius 1 is 1.07 bits per heavy atom. The van der Waals surface area contributed by atoms with E-state index in [-0.39, 0.29) is 5.57 Å². The molecule has 5 atom stereocenters. The second-order valence-corrected chi connectivity index (χ2v) is 11.0. The lowest BCUT2D eigenvalue weighted by atomic mass is 9.95. The molecule has 2 fully saturated rings. The lowest BCUT2D eigenvalue weighted by molar-refractivity contribution is -0.247. The van der Waals surface area contributed by atoms with Crippen LogP contribution in [0.25, 0.3) is 28.1 Å². The number of fused-ring (bicyclic) bond motifs is 1. The van der Waals surface area contributed by atoms with E-state index in [1.807, 2.05) is 35.9 Å². The molecule has 11 heteroatoms. The summed E-state index contributed by atoms with van der Waals surface area (Å²) in [6.45, 7) is 7.12. The average Bonchev–Trinajstić information content (AvgIpc) is 3.39. The Morgan fingerprint density at radius 3 is 2.56 bits per heavy atom. The van der Waals surface area contributed by atoms with Crippen molar-refractivity contribution in [1.29, 1.82) is 5.26 Å². The van der Waals surface area contributed by atoms with Crippen molar-refractivity contribution in [3.05, 3.63) is 59.8 Å². The van der Waals surface area contributed by atoms with Crippen LogP contribution in [-0.2, 0) is 21.3 Å². The Morgan fingerprint density at radius 2 is 1.81 bits per heavy atom. The quantitative estimate of drug-likeness (QED) is 0.186. The van der Waals surface area contributed by atoms with Crippen LogP contribution in [0.2, 0.25) is 0 Å². The molecular weight excluding hydrogens is 550 g/mol. The number of aliphatic hydroxyl groups is 3. The molecule has 0 radical (unpaired) electrons. The number of carbonyl (C=O) groups is 1. The highest BCUT2D eigenvalue weighted by molar-refractivity contribution is 6.02. The van der Waals surface area contributed by atoms with Crippen molar-refractivity contribution in [2.75, 3.05) is 44.7 Å². The minimum atomic E-state index is -1.52. The summed E-state index contributed by atoms with van der Waals surface area (Å²) in [5.41, 5.74) is 3.36. The number of nitrogens with zero attached hydrogens (tertiary/aromatic N) is 3. The van der Waals surface area contributed by atoms with Crippen LogP contribution in [-0.4, -0.2) is 101 Å². The first kappa shape index (κ1) is 30.7. The minimum absolute atomic E-state index is 0.216. The van der Waals surface area contributed by atoms with Gasteiger partial charge < -0.3 is 40.0 Å². The maximum atomic E-state index is 12.9. The van der Waals surface area contributed by atoms with Gasteiger partial charge in [-0.15, -0.1) is 0 Å². The zero-order valence-electron chi connectivity index (χ0n) is 24.4. The zero-order chi connectivity index (χ0) is 30.5. The highest BCUT2D eigenvalue weighted by Crippen LogP contribution is 2.28. The number of nitrogens with one attached hydrogen (secondary N) is 2. The van der Waals surface area contributed by atoms with Crippen LogP contribution >= 0.6 is 0 Å². The van der Waals surface area contributed by atoms with E-state index in [2.05, 4.69) is 45.9 Å². The van der Waals surface area contributed by atoms with Gasteiger partial charge in [-0.1, -0.05) is 25.1 Å². The Balaban J connectivity index is 1.26. The summed E-state index contributed by atoms with van der Waals surface area (Å²) in [6, 6.07) is 16.9. The van der Waals surface area contributed by atoms with Gasteiger partial charge in [-0.3, -0.25) is 9.69 Å². The zero-order valence-corrected chi connectivity index (χ0v) is 24.4. The molecular formula is C32H39N5O6. The average molecular weight is 590 g/mol. The number of ether oxygens (including phenoxy) is 2. The van der Waals surface area contributed by atoms with E-state index < -0.39 is 36.6 Å². The number of hydrogen-bond acceptors (Lipinski definition) is 9. The number of carbonyl (C=O) groups excluding carboxylic acids is 1. The number of rotatable bonds is 9. The molecule has 0 aliphatic carbocycles. The van der Waals surface area contributed by atoms with Crippen molar-refractivity contribution in [2.45, 2.75) is 44.0 Å². The Labute approximate surface area is 250 Å². The molecule has 2 saturated heterocycles. The van der Waals surface area contributed by atoms with Gasteiger partial charge in [-0.2, -0.15) is 5.26 Å². The number of aromatic nitrogens is 1. The van der Waals surface area contributed by atoms with Crippen molar-refractivity contribution < 1.29 is 29.6 Å². The highest BCUT2D eigenvalue weighted by Gasteiger charge is 2.44. The van der Waals surface area contributed by atoms with Gasteiger partial charge in [0.05, 0.1) is 19.3 Å². The summed E-state index contributed by atoms with van der Waals surface area (Å²) < 4.78 is 12.6. The second kappa shape index (κ2) is 13.7. The predicted octanol–water partition coefficient (Wildman–Crippen LogP) is 1.83. The van der Waals surface area contributed by atoms with E-state index in [1.165, 1.54) is 6.08 Å². The van der Waals surface area contributed by atoms with Gasteiger partial charge in [-0.25, -0.2) is 0 Å². The van der Waals surface area contributed by atoms with Gasteiger partial charge in [0.15, 0.2) is 6.29 Å². The maximum Gasteiger partial charge on any atom is 0.262 e. The first-order valence-electron chi connectivity index (χ1n) is 14.6. The fourth-order valence-corrected chi connectivity index (χ4v) is 5.63. The predicted molar refractivity (Wildman–Crippen MR) is 163 cm³/mol. The smallest absolute Gasteiger partial charge is 0.262 e. The van der Waals surface area contributed by atoms with Gasteiger partial charge in [0.25, 0.3) is 5.91 Å². The monoisotopic (exact) mass is 589 g/mol. The Kier molecular flexibility index (Phi) is 9.77. The molecule has 1 amide bonds. The largest absolute Gasteiger partial charge is 0.388 e. The normalized spacial score (nSPS) is 24.9. The van der Waals surface area contributed by atoms with Crippen LogP contribution in [0.5, 0.6) is 0 Å². The van der Waals surface area contributed by atoms with Gasteiger partial charge in [0.2, 0.25) is 0 Å². The van der Waals surface area contributed by atoms with Crippen molar-refractivity contribution in [2.24, 2.45) is 7.05 Å². The van der Waals surface area contributed by atoms with Crippen molar-refractivity contribution in [3.63, 3.8) is 0 Å². The van der Waals surface area contributed by atoms with E-state index in [1.54, 1.807) is 6.92 Å². The second-order valence-electron chi connectivity index (χ2n) is 11.0. The van der Waals surface area contributed by atoms with Crippen molar-refractivity contribution >= 4 is 28.4 Å². The van der Waals surface area contributed by atoms with Crippen molar-refractivity contribution in [3.8, 4) is 17.3 Å². The molecule has 0 spiro atoms. The van der Waals surface area contributed by atoms with Gasteiger partial charge >= 0.3 is 0 Å². The minimum Gasteiger partial charge on any atom is -0.388 e. The number of nitriles is 1. The van der Waals surface area contributed by atoms with Crippen LogP contribution in [0.1, 0.15) is 19.0 Å². The Bertz CT molecular complexity index is 1510. The standard InChI is InChI=1S/C32H39N5O6/c1-3-27-29(38)30(39)28(32(41)43-27)35-31(40)23(19-33)18-25-8-9-26(36(25)2)22-5-4-21-17-24(7-6-20(21)16-22)34-10-11-37-12-14-42-15-13-37/h4-9,16-18,27-30,32,34,38-39,41H,3,10-15H2,1-2H3,(H,35,40)/b23-18+/t27-,28-,29-,30-,32?/m1/s1. The molecule has 0 bridgehead atoms. The van der Waals surface area contributed by atoms with Crippen LogP contribution < -0.4 is 10.6 Å². The molecule has 2 aliphatic rings. The fourth-order valence-electron chi connectivity index (χ4n) is 5.63. The molecule has 5 N–H and O–H groups in total. The van der Waals surface area contributed by atoms with E-state index in [9.17, 15) is 25.4 Å². The highest BCUT2D eigenvalue weighted by atomic mass is 16.6. The number of amides is 1.